The third-order valence-corrected chi connectivity index (χ3v) is 2.40. The molecule has 6 heteroatoms. The van der Waals surface area contributed by atoms with E-state index in [9.17, 15) is 13.2 Å². The molecule has 2 heterocycles. The van der Waals surface area contributed by atoms with Gasteiger partial charge in [-0.3, -0.25) is 0 Å². The van der Waals surface area contributed by atoms with Crippen molar-refractivity contribution in [2.24, 2.45) is 0 Å². The van der Waals surface area contributed by atoms with Gasteiger partial charge < -0.3 is 9.51 Å². The van der Waals surface area contributed by atoms with Gasteiger partial charge in [-0.1, -0.05) is 0 Å². The van der Waals surface area contributed by atoms with Gasteiger partial charge >= 0.3 is 6.18 Å². The molecule has 0 fully saturated rings. The van der Waals surface area contributed by atoms with Crippen LogP contribution in [0.3, 0.4) is 0 Å². The summed E-state index contributed by atoms with van der Waals surface area (Å²) < 4.78 is 38.7. The predicted octanol–water partition coefficient (Wildman–Crippen LogP) is 2.15. The number of imidazole rings is 1. The summed E-state index contributed by atoms with van der Waals surface area (Å²) in [5.74, 6) is 0. The van der Waals surface area contributed by atoms with Crippen LogP contribution in [0.5, 0.6) is 0 Å². The highest BCUT2D eigenvalue weighted by molar-refractivity contribution is 5.46. The Labute approximate surface area is 89.2 Å². The van der Waals surface area contributed by atoms with Crippen LogP contribution in [-0.4, -0.2) is 14.5 Å². The highest BCUT2D eigenvalue weighted by Gasteiger charge is 2.31. The van der Waals surface area contributed by atoms with Crippen molar-refractivity contribution in [2.75, 3.05) is 0 Å². The van der Waals surface area contributed by atoms with Crippen LogP contribution < -0.4 is 0 Å². The highest BCUT2D eigenvalue weighted by atomic mass is 19.4. The van der Waals surface area contributed by atoms with E-state index in [2.05, 4.69) is 4.98 Å². The maximum absolute atomic E-state index is 12.4. The second kappa shape index (κ2) is 3.48. The summed E-state index contributed by atoms with van der Waals surface area (Å²) in [4.78, 5) is 3.96. The maximum Gasteiger partial charge on any atom is 0.416 e. The van der Waals surface area contributed by atoms with Crippen LogP contribution in [0, 0.1) is 6.92 Å². The minimum absolute atomic E-state index is 0.191. The lowest BCUT2D eigenvalue weighted by atomic mass is 10.2. The number of pyridine rings is 1. The molecule has 2 rings (SSSR count). The van der Waals surface area contributed by atoms with E-state index in [1.807, 2.05) is 0 Å². The van der Waals surface area contributed by atoms with Crippen LogP contribution in [0.1, 0.15) is 17.0 Å². The van der Waals surface area contributed by atoms with Crippen molar-refractivity contribution < 1.29 is 18.3 Å². The molecule has 0 aliphatic carbocycles. The molecular formula is C10H9F3N2O. The Morgan fingerprint density at radius 2 is 2.12 bits per heavy atom. The molecule has 3 nitrogen and oxygen atoms in total. The van der Waals surface area contributed by atoms with Gasteiger partial charge in [0.05, 0.1) is 23.6 Å². The summed E-state index contributed by atoms with van der Waals surface area (Å²) in [7, 11) is 0. The monoisotopic (exact) mass is 230 g/mol. The number of rotatable bonds is 1. The van der Waals surface area contributed by atoms with Gasteiger partial charge in [0, 0.05) is 6.20 Å². The Kier molecular flexibility index (Phi) is 2.38. The number of aliphatic hydroxyl groups is 1. The fourth-order valence-corrected chi connectivity index (χ4v) is 1.58. The van der Waals surface area contributed by atoms with Crippen molar-refractivity contribution in [1.29, 1.82) is 0 Å². The van der Waals surface area contributed by atoms with Gasteiger partial charge in [-0.15, -0.1) is 0 Å². The second-order valence-corrected chi connectivity index (χ2v) is 3.44. The number of aryl methyl sites for hydroxylation is 1. The van der Waals surface area contributed by atoms with Gasteiger partial charge in [0.2, 0.25) is 0 Å². The quantitative estimate of drug-likeness (QED) is 0.815. The second-order valence-electron chi connectivity index (χ2n) is 3.44. The number of fused-ring (bicyclic) bond motifs is 1. The molecule has 0 aliphatic rings. The standard InChI is InChI=1S/C10H9F3N2O/c1-6-8(5-16)15-3-2-7(10(11,12)13)4-9(15)14-6/h2-4,16H,5H2,1H3. The zero-order chi connectivity index (χ0) is 11.9. The number of nitrogens with zero attached hydrogens (tertiary/aromatic N) is 2. The molecule has 2 aromatic heterocycles. The topological polar surface area (TPSA) is 37.5 Å². The number of aliphatic hydroxyl groups excluding tert-OH is 1. The number of hydrogen-bond acceptors (Lipinski definition) is 2. The van der Waals surface area contributed by atoms with Crippen LogP contribution in [0.15, 0.2) is 18.3 Å². The van der Waals surface area contributed by atoms with E-state index in [-0.39, 0.29) is 12.3 Å². The first-order valence-electron chi connectivity index (χ1n) is 4.59. The van der Waals surface area contributed by atoms with E-state index in [1.54, 1.807) is 6.92 Å². The van der Waals surface area contributed by atoms with Crippen LogP contribution >= 0.6 is 0 Å². The normalized spacial score (nSPS) is 12.3. The van der Waals surface area contributed by atoms with Crippen molar-refractivity contribution >= 4 is 5.65 Å². The molecule has 0 radical (unpaired) electrons. The Bertz CT molecular complexity index is 531. The summed E-state index contributed by atoms with van der Waals surface area (Å²) in [5.41, 5.74) is 0.483. The Morgan fingerprint density at radius 3 is 2.69 bits per heavy atom. The van der Waals surface area contributed by atoms with E-state index < -0.39 is 11.7 Å². The maximum atomic E-state index is 12.4. The van der Waals surface area contributed by atoms with Crippen LogP contribution in [-0.2, 0) is 12.8 Å². The van der Waals surface area contributed by atoms with Gasteiger partial charge in [-0.05, 0) is 19.1 Å². The summed E-state index contributed by atoms with van der Waals surface area (Å²) in [6.07, 6.45) is -3.11. The first-order chi connectivity index (χ1) is 7.43. The van der Waals surface area contributed by atoms with E-state index >= 15 is 0 Å². The van der Waals surface area contributed by atoms with Crippen molar-refractivity contribution in [3.05, 3.63) is 35.3 Å². The highest BCUT2D eigenvalue weighted by Crippen LogP contribution is 2.30. The van der Waals surface area contributed by atoms with Crippen LogP contribution in [0.25, 0.3) is 5.65 Å². The third-order valence-electron chi connectivity index (χ3n) is 2.40. The molecule has 0 atom stereocenters. The molecule has 0 amide bonds. The van der Waals surface area contributed by atoms with Crippen LogP contribution in [0.2, 0.25) is 0 Å². The van der Waals surface area contributed by atoms with Gasteiger partial charge in [0.25, 0.3) is 0 Å². The largest absolute Gasteiger partial charge is 0.416 e. The van der Waals surface area contributed by atoms with Crippen molar-refractivity contribution in [3.63, 3.8) is 0 Å². The number of aromatic nitrogens is 2. The lowest BCUT2D eigenvalue weighted by molar-refractivity contribution is -0.137. The van der Waals surface area contributed by atoms with Gasteiger partial charge in [-0.25, -0.2) is 4.98 Å². The van der Waals surface area contributed by atoms with Crippen LogP contribution in [0.4, 0.5) is 13.2 Å². The van der Waals surface area contributed by atoms with E-state index in [0.29, 0.717) is 11.4 Å². The number of alkyl halides is 3. The minimum Gasteiger partial charge on any atom is -0.390 e. The smallest absolute Gasteiger partial charge is 0.390 e. The lowest BCUT2D eigenvalue weighted by Crippen LogP contribution is -2.05. The summed E-state index contributed by atoms with van der Waals surface area (Å²) >= 11 is 0. The first kappa shape index (κ1) is 10.9. The summed E-state index contributed by atoms with van der Waals surface area (Å²) in [6.45, 7) is 1.39. The zero-order valence-corrected chi connectivity index (χ0v) is 8.41. The molecule has 0 spiro atoms. The molecule has 2 aromatic rings. The van der Waals surface area contributed by atoms with Crippen molar-refractivity contribution in [3.8, 4) is 0 Å². The fourth-order valence-electron chi connectivity index (χ4n) is 1.58. The molecule has 16 heavy (non-hydrogen) atoms. The Balaban J connectivity index is 2.65. The molecule has 1 N–H and O–H groups in total. The molecule has 0 unspecified atom stereocenters. The Morgan fingerprint density at radius 1 is 1.44 bits per heavy atom. The predicted molar refractivity (Wildman–Crippen MR) is 50.9 cm³/mol. The number of halogens is 3. The van der Waals surface area contributed by atoms with E-state index in [4.69, 9.17) is 5.11 Å². The van der Waals surface area contributed by atoms with Crippen molar-refractivity contribution in [1.82, 2.24) is 9.38 Å². The average molecular weight is 230 g/mol. The van der Waals surface area contributed by atoms with Gasteiger partial charge in [0.1, 0.15) is 5.65 Å². The lowest BCUT2D eigenvalue weighted by Gasteiger charge is -2.06. The molecule has 0 aliphatic heterocycles. The molecule has 0 bridgehead atoms. The number of hydrogen-bond donors (Lipinski definition) is 1. The molecule has 0 saturated heterocycles. The molecular weight excluding hydrogens is 221 g/mol. The molecule has 86 valence electrons. The molecule has 0 saturated carbocycles. The minimum atomic E-state index is -4.37. The third kappa shape index (κ3) is 1.65. The SMILES string of the molecule is Cc1nc2cc(C(F)(F)F)ccn2c1CO. The molecule has 0 aromatic carbocycles. The van der Waals surface area contributed by atoms with E-state index in [0.717, 1.165) is 12.1 Å². The Hall–Kier alpha value is -1.56. The first-order valence-corrected chi connectivity index (χ1v) is 4.59. The summed E-state index contributed by atoms with van der Waals surface area (Å²) in [6, 6.07) is 1.93. The van der Waals surface area contributed by atoms with E-state index in [1.165, 1.54) is 10.6 Å². The zero-order valence-electron chi connectivity index (χ0n) is 8.41. The van der Waals surface area contributed by atoms with Gasteiger partial charge in [0.15, 0.2) is 0 Å². The average Bonchev–Trinajstić information content (AvgIpc) is 2.50. The fraction of sp³-hybridized carbons (Fsp3) is 0.300. The van der Waals surface area contributed by atoms with Gasteiger partial charge in [-0.2, -0.15) is 13.2 Å². The summed E-state index contributed by atoms with van der Waals surface area (Å²) in [5, 5.41) is 9.05. The van der Waals surface area contributed by atoms with Crippen molar-refractivity contribution in [2.45, 2.75) is 19.7 Å².